The van der Waals surface area contributed by atoms with Crippen LogP contribution in [-0.4, -0.2) is 11.5 Å². The number of benzene rings is 2. The maximum Gasteiger partial charge on any atom is 0.143 e. The van der Waals surface area contributed by atoms with Crippen LogP contribution in [0.25, 0.3) is 17.2 Å². The van der Waals surface area contributed by atoms with Gasteiger partial charge in [-0.1, -0.05) is 77.3 Å². The quantitative estimate of drug-likeness (QED) is 0.446. The second kappa shape index (κ2) is 6.72. The molecule has 1 aliphatic heterocycles. The topological polar surface area (TPSA) is 16.1 Å². The van der Waals surface area contributed by atoms with E-state index in [0.29, 0.717) is 21.7 Å². The fourth-order valence-corrected chi connectivity index (χ4v) is 3.69. The van der Waals surface area contributed by atoms with E-state index in [4.69, 9.17) is 34.8 Å². The van der Waals surface area contributed by atoms with Gasteiger partial charge in [0, 0.05) is 22.7 Å². The monoisotopic (exact) mass is 386 g/mol. The van der Waals surface area contributed by atoms with E-state index in [1.54, 1.807) is 0 Å². The minimum Gasteiger partial charge on any atom is -0.321 e. The zero-order valence-electron chi connectivity index (χ0n) is 13.1. The van der Waals surface area contributed by atoms with Crippen LogP contribution in [0.15, 0.2) is 60.7 Å². The molecule has 2 aromatic carbocycles. The largest absolute Gasteiger partial charge is 0.321 e. The molecule has 0 radical (unpaired) electrons. The lowest BCUT2D eigenvalue weighted by Crippen LogP contribution is -2.22. The van der Waals surface area contributed by atoms with E-state index in [-0.39, 0.29) is 0 Å². The van der Waals surface area contributed by atoms with Crippen LogP contribution < -0.4 is 4.90 Å². The third-order valence-corrected chi connectivity index (χ3v) is 4.99. The fraction of sp³-hybridized carbons (Fsp3) is 0.0500. The molecule has 4 rings (SSSR count). The van der Waals surface area contributed by atoms with Crippen LogP contribution >= 0.6 is 34.8 Å². The van der Waals surface area contributed by atoms with Crippen molar-refractivity contribution in [2.75, 3.05) is 11.4 Å². The minimum absolute atomic E-state index is 0.418. The molecule has 25 heavy (non-hydrogen) atoms. The van der Waals surface area contributed by atoms with E-state index in [2.05, 4.69) is 22.0 Å². The average Bonchev–Trinajstić information content (AvgIpc) is 2.62. The highest BCUT2D eigenvalue weighted by molar-refractivity contribution is 6.34. The SMILES string of the molecule is Clc1cc(-c2ccccc2Cl)c2c(n1)N(c1ccccc1Cl)CC=C2. The summed E-state index contributed by atoms with van der Waals surface area (Å²) in [5.74, 6) is 0.776. The molecule has 124 valence electrons. The molecule has 0 amide bonds. The van der Waals surface area contributed by atoms with Crippen LogP contribution in [0.2, 0.25) is 15.2 Å². The maximum atomic E-state index is 6.41. The summed E-state index contributed by atoms with van der Waals surface area (Å²) in [6, 6.07) is 17.3. The lowest BCUT2D eigenvalue weighted by atomic mass is 9.98. The molecule has 0 spiro atoms. The smallest absolute Gasteiger partial charge is 0.143 e. The number of halogens is 3. The molecular formula is C20H13Cl3N2. The first kappa shape index (κ1) is 16.5. The summed E-state index contributed by atoms with van der Waals surface area (Å²) in [5, 5.41) is 1.76. The number of aromatic nitrogens is 1. The van der Waals surface area contributed by atoms with Crippen molar-refractivity contribution < 1.29 is 0 Å². The summed E-state index contributed by atoms with van der Waals surface area (Å²) in [5.41, 5.74) is 3.75. The summed E-state index contributed by atoms with van der Waals surface area (Å²) in [4.78, 5) is 6.63. The second-order valence-electron chi connectivity index (χ2n) is 5.67. The number of pyridine rings is 1. The number of hydrogen-bond acceptors (Lipinski definition) is 2. The highest BCUT2D eigenvalue weighted by Gasteiger charge is 2.23. The zero-order chi connectivity index (χ0) is 17.4. The highest BCUT2D eigenvalue weighted by atomic mass is 35.5. The van der Waals surface area contributed by atoms with Gasteiger partial charge in [-0.2, -0.15) is 0 Å². The molecule has 1 aromatic heterocycles. The van der Waals surface area contributed by atoms with E-state index < -0.39 is 0 Å². The maximum absolute atomic E-state index is 6.41. The van der Waals surface area contributed by atoms with Gasteiger partial charge in [-0.3, -0.25) is 0 Å². The lowest BCUT2D eigenvalue weighted by Gasteiger charge is -2.29. The normalized spacial score (nSPS) is 13.0. The first-order chi connectivity index (χ1) is 12.1. The number of rotatable bonds is 2. The van der Waals surface area contributed by atoms with Gasteiger partial charge < -0.3 is 4.90 Å². The molecule has 0 saturated heterocycles. The molecule has 5 heteroatoms. The molecule has 2 nitrogen and oxygen atoms in total. The van der Waals surface area contributed by atoms with Gasteiger partial charge in [-0.05, 0) is 29.8 Å². The molecular weight excluding hydrogens is 375 g/mol. The molecule has 0 unspecified atom stereocenters. The number of anilines is 2. The number of para-hydroxylation sites is 1. The molecule has 3 aromatic rings. The van der Waals surface area contributed by atoms with E-state index in [0.717, 1.165) is 28.2 Å². The van der Waals surface area contributed by atoms with Gasteiger partial charge in [0.1, 0.15) is 11.0 Å². The van der Waals surface area contributed by atoms with Crippen molar-refractivity contribution in [3.05, 3.63) is 81.4 Å². The van der Waals surface area contributed by atoms with Gasteiger partial charge in [0.05, 0.1) is 10.7 Å². The second-order valence-corrected chi connectivity index (χ2v) is 6.88. The van der Waals surface area contributed by atoms with Crippen LogP contribution in [0.5, 0.6) is 0 Å². The summed E-state index contributed by atoms with van der Waals surface area (Å²) in [6.07, 6.45) is 4.15. The third-order valence-electron chi connectivity index (χ3n) is 4.14. The molecule has 1 aliphatic rings. The van der Waals surface area contributed by atoms with Crippen LogP contribution in [0.3, 0.4) is 0 Å². The number of fused-ring (bicyclic) bond motifs is 1. The Kier molecular flexibility index (Phi) is 4.43. The van der Waals surface area contributed by atoms with Gasteiger partial charge in [0.2, 0.25) is 0 Å². The fourth-order valence-electron chi connectivity index (χ4n) is 3.03. The standard InChI is InChI=1S/C20H13Cl3N2/c21-16-8-2-1-6-13(16)15-12-19(23)24-20-14(15)7-5-11-25(20)18-10-4-3-9-17(18)22/h1-10,12H,11H2. The van der Waals surface area contributed by atoms with Gasteiger partial charge >= 0.3 is 0 Å². The molecule has 0 atom stereocenters. The van der Waals surface area contributed by atoms with Crippen LogP contribution in [0.1, 0.15) is 5.56 Å². The highest BCUT2D eigenvalue weighted by Crippen LogP contribution is 2.41. The van der Waals surface area contributed by atoms with Crippen molar-refractivity contribution >= 4 is 52.4 Å². The summed E-state index contributed by atoms with van der Waals surface area (Å²) in [6.45, 7) is 0.673. The van der Waals surface area contributed by atoms with Crippen molar-refractivity contribution in [3.8, 4) is 11.1 Å². The van der Waals surface area contributed by atoms with Crippen LogP contribution in [0, 0.1) is 0 Å². The van der Waals surface area contributed by atoms with Gasteiger partial charge in [0.15, 0.2) is 0 Å². The van der Waals surface area contributed by atoms with Crippen molar-refractivity contribution in [2.24, 2.45) is 0 Å². The zero-order valence-corrected chi connectivity index (χ0v) is 15.4. The van der Waals surface area contributed by atoms with Gasteiger partial charge in [0.25, 0.3) is 0 Å². The van der Waals surface area contributed by atoms with Crippen LogP contribution in [-0.2, 0) is 0 Å². The Morgan fingerprint density at radius 2 is 1.56 bits per heavy atom. The first-order valence-corrected chi connectivity index (χ1v) is 8.92. The summed E-state index contributed by atoms with van der Waals surface area (Å²) in [7, 11) is 0. The molecule has 0 saturated carbocycles. The van der Waals surface area contributed by atoms with Crippen molar-refractivity contribution in [1.29, 1.82) is 0 Å². The van der Waals surface area contributed by atoms with E-state index >= 15 is 0 Å². The van der Waals surface area contributed by atoms with Crippen molar-refractivity contribution in [1.82, 2.24) is 4.98 Å². The first-order valence-electron chi connectivity index (χ1n) is 7.79. The molecule has 0 N–H and O–H groups in total. The van der Waals surface area contributed by atoms with Crippen molar-refractivity contribution in [3.63, 3.8) is 0 Å². The lowest BCUT2D eigenvalue weighted by molar-refractivity contribution is 1.03. The molecule has 0 fully saturated rings. The molecule has 2 heterocycles. The van der Waals surface area contributed by atoms with E-state index in [1.165, 1.54) is 0 Å². The van der Waals surface area contributed by atoms with Crippen LogP contribution in [0.4, 0.5) is 11.5 Å². The van der Waals surface area contributed by atoms with E-state index in [1.807, 2.05) is 54.6 Å². The average molecular weight is 388 g/mol. The number of hydrogen-bond donors (Lipinski definition) is 0. The third kappa shape index (κ3) is 3.02. The molecule has 0 bridgehead atoms. The van der Waals surface area contributed by atoms with Crippen molar-refractivity contribution in [2.45, 2.75) is 0 Å². The Labute approximate surface area is 161 Å². The summed E-state index contributed by atoms with van der Waals surface area (Å²) < 4.78 is 0. The Morgan fingerprint density at radius 1 is 0.840 bits per heavy atom. The number of nitrogens with zero attached hydrogens (tertiary/aromatic N) is 2. The Balaban J connectivity index is 1.94. The summed E-state index contributed by atoms with van der Waals surface area (Å²) >= 11 is 19.1. The van der Waals surface area contributed by atoms with E-state index in [9.17, 15) is 0 Å². The van der Waals surface area contributed by atoms with Gasteiger partial charge in [-0.25, -0.2) is 4.98 Å². The Morgan fingerprint density at radius 3 is 2.32 bits per heavy atom. The predicted octanol–water partition coefficient (Wildman–Crippen LogP) is 6.87. The van der Waals surface area contributed by atoms with Gasteiger partial charge in [-0.15, -0.1) is 0 Å². The Hall–Kier alpha value is -2.00. The predicted molar refractivity (Wildman–Crippen MR) is 107 cm³/mol. The minimum atomic E-state index is 0.418. The Bertz CT molecular complexity index is 982. The molecule has 0 aliphatic carbocycles.